The Morgan fingerprint density at radius 3 is 2.75 bits per heavy atom. The van der Waals surface area contributed by atoms with Gasteiger partial charge in [-0.05, 0) is 50.7 Å². The molecule has 1 saturated heterocycles. The van der Waals surface area contributed by atoms with E-state index < -0.39 is 5.91 Å². The number of hydrogen-bond donors (Lipinski definition) is 2. The summed E-state index contributed by atoms with van der Waals surface area (Å²) < 4.78 is 13.9. The molecule has 1 aliphatic heterocycles. The first-order valence-electron chi connectivity index (χ1n) is 7.14. The third-order valence-corrected chi connectivity index (χ3v) is 3.93. The second kappa shape index (κ2) is 6.81. The van der Waals surface area contributed by atoms with Crippen LogP contribution in [0.25, 0.3) is 0 Å². The number of halogens is 1. The van der Waals surface area contributed by atoms with Gasteiger partial charge in [-0.2, -0.15) is 0 Å². The molecule has 0 saturated carbocycles. The Morgan fingerprint density at radius 1 is 1.45 bits per heavy atom. The fourth-order valence-electron chi connectivity index (χ4n) is 2.74. The van der Waals surface area contributed by atoms with Crippen LogP contribution in [-0.4, -0.2) is 36.5 Å². The topological polar surface area (TPSA) is 58.4 Å². The molecule has 0 unspecified atom stereocenters. The molecule has 1 fully saturated rings. The van der Waals surface area contributed by atoms with Crippen LogP contribution >= 0.6 is 0 Å². The van der Waals surface area contributed by atoms with Crippen molar-refractivity contribution in [3.05, 3.63) is 35.1 Å². The summed E-state index contributed by atoms with van der Waals surface area (Å²) in [6.07, 6.45) is 2.15. The van der Waals surface area contributed by atoms with Crippen LogP contribution in [0.15, 0.2) is 18.2 Å². The zero-order chi connectivity index (χ0) is 14.5. The summed E-state index contributed by atoms with van der Waals surface area (Å²) in [7, 11) is 0. The lowest BCUT2D eigenvalue weighted by atomic mass is 10.0. The molecule has 1 heterocycles. The Bertz CT molecular complexity index is 472. The highest BCUT2D eigenvalue weighted by molar-refractivity contribution is 5.92. The number of nitrogens with one attached hydrogen (secondary N) is 1. The van der Waals surface area contributed by atoms with E-state index in [1.165, 1.54) is 12.1 Å². The van der Waals surface area contributed by atoms with Gasteiger partial charge in [-0.25, -0.2) is 4.39 Å². The summed E-state index contributed by atoms with van der Waals surface area (Å²) in [5, 5.41) is 3.33. The van der Waals surface area contributed by atoms with Gasteiger partial charge in [0, 0.05) is 23.7 Å². The third kappa shape index (κ3) is 3.55. The van der Waals surface area contributed by atoms with Gasteiger partial charge in [0.2, 0.25) is 5.91 Å². The largest absolute Gasteiger partial charge is 0.366 e. The van der Waals surface area contributed by atoms with Crippen molar-refractivity contribution in [2.75, 3.05) is 19.6 Å². The van der Waals surface area contributed by atoms with E-state index in [1.54, 1.807) is 6.07 Å². The van der Waals surface area contributed by atoms with Gasteiger partial charge in [0.15, 0.2) is 0 Å². The molecule has 1 amide bonds. The Labute approximate surface area is 119 Å². The molecule has 20 heavy (non-hydrogen) atoms. The van der Waals surface area contributed by atoms with Crippen molar-refractivity contribution < 1.29 is 9.18 Å². The lowest BCUT2D eigenvalue weighted by molar-refractivity contribution is 0.1000. The second-order valence-corrected chi connectivity index (χ2v) is 5.21. The van der Waals surface area contributed by atoms with E-state index in [0.29, 0.717) is 23.7 Å². The predicted molar refractivity (Wildman–Crippen MR) is 76.9 cm³/mol. The molecule has 4 nitrogen and oxygen atoms in total. The summed E-state index contributed by atoms with van der Waals surface area (Å²) in [5.74, 6) is -0.793. The fraction of sp³-hybridized carbons (Fsp3) is 0.533. The molecule has 0 aromatic heterocycles. The molecule has 2 rings (SSSR count). The van der Waals surface area contributed by atoms with Crippen molar-refractivity contribution >= 4 is 5.91 Å². The van der Waals surface area contributed by atoms with Crippen LogP contribution in [0.1, 0.15) is 35.7 Å². The van der Waals surface area contributed by atoms with Crippen molar-refractivity contribution in [2.45, 2.75) is 32.4 Å². The quantitative estimate of drug-likeness (QED) is 0.858. The number of rotatable bonds is 5. The highest BCUT2D eigenvalue weighted by Crippen LogP contribution is 2.18. The number of primary amides is 1. The van der Waals surface area contributed by atoms with E-state index >= 15 is 0 Å². The SMILES string of the molecule is CCN(Cc1cc(C(N)=O)ccc1F)C1CCNCC1. The first kappa shape index (κ1) is 14.9. The number of nitrogens with zero attached hydrogens (tertiary/aromatic N) is 1. The van der Waals surface area contributed by atoms with E-state index in [4.69, 9.17) is 5.73 Å². The molecule has 1 aromatic rings. The van der Waals surface area contributed by atoms with Crippen LogP contribution in [0.4, 0.5) is 4.39 Å². The predicted octanol–water partition coefficient (Wildman–Crippen LogP) is 1.50. The first-order chi connectivity index (χ1) is 9.61. The summed E-state index contributed by atoms with van der Waals surface area (Å²) >= 11 is 0. The smallest absolute Gasteiger partial charge is 0.248 e. The van der Waals surface area contributed by atoms with Crippen molar-refractivity contribution in [3.8, 4) is 0 Å². The summed E-state index contributed by atoms with van der Waals surface area (Å²) in [4.78, 5) is 13.5. The minimum atomic E-state index is -0.517. The number of nitrogens with two attached hydrogens (primary N) is 1. The third-order valence-electron chi connectivity index (χ3n) is 3.93. The monoisotopic (exact) mass is 279 g/mol. The number of benzene rings is 1. The number of hydrogen-bond acceptors (Lipinski definition) is 3. The molecule has 0 aliphatic carbocycles. The molecular weight excluding hydrogens is 257 g/mol. The Hall–Kier alpha value is -1.46. The molecule has 0 atom stereocenters. The summed E-state index contributed by atoms with van der Waals surface area (Å²) in [6, 6.07) is 4.80. The average molecular weight is 279 g/mol. The highest BCUT2D eigenvalue weighted by Gasteiger charge is 2.21. The van der Waals surface area contributed by atoms with Crippen LogP contribution in [0, 0.1) is 5.82 Å². The summed E-state index contributed by atoms with van der Waals surface area (Å²) in [6.45, 7) is 5.48. The highest BCUT2D eigenvalue weighted by atomic mass is 19.1. The van der Waals surface area contributed by atoms with Gasteiger partial charge in [-0.15, -0.1) is 0 Å². The molecule has 0 bridgehead atoms. The molecule has 1 aliphatic rings. The number of carbonyl (C=O) groups is 1. The normalized spacial score (nSPS) is 16.6. The zero-order valence-electron chi connectivity index (χ0n) is 11.9. The lowest BCUT2D eigenvalue weighted by Gasteiger charge is -2.34. The van der Waals surface area contributed by atoms with E-state index in [0.717, 1.165) is 32.5 Å². The van der Waals surface area contributed by atoms with Gasteiger partial charge in [0.25, 0.3) is 0 Å². The minimum Gasteiger partial charge on any atom is -0.366 e. The maximum absolute atomic E-state index is 13.9. The van der Waals surface area contributed by atoms with Crippen LogP contribution in [0.2, 0.25) is 0 Å². The van der Waals surface area contributed by atoms with Gasteiger partial charge >= 0.3 is 0 Å². The van der Waals surface area contributed by atoms with Gasteiger partial charge in [-0.1, -0.05) is 6.92 Å². The van der Waals surface area contributed by atoms with Gasteiger partial charge < -0.3 is 11.1 Å². The van der Waals surface area contributed by atoms with Gasteiger partial charge in [0.1, 0.15) is 5.82 Å². The molecule has 1 aromatic carbocycles. The summed E-state index contributed by atoms with van der Waals surface area (Å²) in [5.41, 5.74) is 6.16. The van der Waals surface area contributed by atoms with E-state index in [2.05, 4.69) is 17.1 Å². The average Bonchev–Trinajstić information content (AvgIpc) is 2.47. The maximum atomic E-state index is 13.9. The number of carbonyl (C=O) groups excluding carboxylic acids is 1. The Kier molecular flexibility index (Phi) is 5.09. The van der Waals surface area contributed by atoms with Crippen molar-refractivity contribution in [1.82, 2.24) is 10.2 Å². The van der Waals surface area contributed by atoms with Crippen LogP contribution in [0.3, 0.4) is 0 Å². The van der Waals surface area contributed by atoms with Crippen LogP contribution < -0.4 is 11.1 Å². The molecule has 0 radical (unpaired) electrons. The second-order valence-electron chi connectivity index (χ2n) is 5.21. The van der Waals surface area contributed by atoms with E-state index in [1.807, 2.05) is 0 Å². The standard InChI is InChI=1S/C15H22FN3O/c1-2-19(13-5-7-18-8-6-13)10-12-9-11(15(17)20)3-4-14(12)16/h3-4,9,13,18H,2,5-8,10H2,1H3,(H2,17,20). The maximum Gasteiger partial charge on any atom is 0.248 e. The van der Waals surface area contributed by atoms with Crippen molar-refractivity contribution in [3.63, 3.8) is 0 Å². The first-order valence-corrected chi connectivity index (χ1v) is 7.14. The van der Waals surface area contributed by atoms with Crippen LogP contribution in [0.5, 0.6) is 0 Å². The molecule has 3 N–H and O–H groups in total. The number of piperidine rings is 1. The number of amides is 1. The zero-order valence-corrected chi connectivity index (χ0v) is 11.9. The molecular formula is C15H22FN3O. The van der Waals surface area contributed by atoms with Crippen molar-refractivity contribution in [1.29, 1.82) is 0 Å². The Balaban J connectivity index is 2.13. The Morgan fingerprint density at radius 2 is 2.15 bits per heavy atom. The molecule has 110 valence electrons. The van der Waals surface area contributed by atoms with E-state index in [9.17, 15) is 9.18 Å². The lowest BCUT2D eigenvalue weighted by Crippen LogP contribution is -2.42. The van der Waals surface area contributed by atoms with E-state index in [-0.39, 0.29) is 5.82 Å². The van der Waals surface area contributed by atoms with Crippen molar-refractivity contribution in [2.24, 2.45) is 5.73 Å². The molecule has 0 spiro atoms. The van der Waals surface area contributed by atoms with Gasteiger partial charge in [-0.3, -0.25) is 9.69 Å². The minimum absolute atomic E-state index is 0.276. The van der Waals surface area contributed by atoms with Crippen LogP contribution in [-0.2, 0) is 6.54 Å². The molecule has 5 heteroatoms. The van der Waals surface area contributed by atoms with Gasteiger partial charge in [0.05, 0.1) is 0 Å². The fourth-order valence-corrected chi connectivity index (χ4v) is 2.74.